The first-order valence-corrected chi connectivity index (χ1v) is 12.5. The van der Waals surface area contributed by atoms with Crippen LogP contribution in [0.3, 0.4) is 0 Å². The molecule has 0 saturated carbocycles. The molecule has 2 aromatic rings. The lowest BCUT2D eigenvalue weighted by atomic mass is 10.1. The summed E-state index contributed by atoms with van der Waals surface area (Å²) < 4.78 is 39.1. The number of carbonyl (C=O) groups excluding carboxylic acids is 1. The minimum absolute atomic E-state index is 0.0282. The zero-order valence-corrected chi connectivity index (χ0v) is 20.6. The maximum absolute atomic E-state index is 12.8. The molecule has 1 atom stereocenters. The van der Waals surface area contributed by atoms with Crippen molar-refractivity contribution in [1.29, 1.82) is 0 Å². The second-order valence-electron chi connectivity index (χ2n) is 7.28. The molecule has 0 bridgehead atoms. The number of benzene rings is 1. The Labute approximate surface area is 195 Å². The van der Waals surface area contributed by atoms with Crippen molar-refractivity contribution >= 4 is 15.9 Å². The van der Waals surface area contributed by atoms with Crippen LogP contribution in [0.2, 0.25) is 0 Å². The third-order valence-electron chi connectivity index (χ3n) is 5.06. The van der Waals surface area contributed by atoms with Crippen LogP contribution in [0.1, 0.15) is 46.2 Å². The summed E-state index contributed by atoms with van der Waals surface area (Å²) in [7, 11) is -3.75. The van der Waals surface area contributed by atoms with E-state index in [2.05, 4.69) is 5.32 Å². The maximum Gasteiger partial charge on any atom is 0.251 e. The molecule has 1 aromatic carbocycles. The zero-order chi connectivity index (χ0) is 24.6. The standard InChI is InChI=1S/C23H33N3O6S/c1-6-26(7-2)33(29,30)19-11-13-23(28)25(15-19)16-22(27)24-17(5)18-10-12-20(31-8-3)21(14-18)32-9-4/h10-15,17H,6-9,16H2,1-5H3,(H,24,27). The molecule has 0 spiro atoms. The Morgan fingerprint density at radius 3 is 2.27 bits per heavy atom. The molecule has 9 nitrogen and oxygen atoms in total. The van der Waals surface area contributed by atoms with E-state index in [1.807, 2.05) is 32.9 Å². The molecular weight excluding hydrogens is 446 g/mol. The highest BCUT2D eigenvalue weighted by molar-refractivity contribution is 7.89. The molecular formula is C23H33N3O6S. The molecule has 0 saturated heterocycles. The van der Waals surface area contributed by atoms with E-state index < -0.39 is 21.5 Å². The topological polar surface area (TPSA) is 107 Å². The van der Waals surface area contributed by atoms with Gasteiger partial charge in [-0.25, -0.2) is 8.42 Å². The van der Waals surface area contributed by atoms with Crippen LogP contribution >= 0.6 is 0 Å². The first-order valence-electron chi connectivity index (χ1n) is 11.1. The highest BCUT2D eigenvalue weighted by Gasteiger charge is 2.23. The first-order chi connectivity index (χ1) is 15.7. The zero-order valence-electron chi connectivity index (χ0n) is 19.8. The summed E-state index contributed by atoms with van der Waals surface area (Å²) in [5, 5.41) is 2.84. The van der Waals surface area contributed by atoms with E-state index in [4.69, 9.17) is 9.47 Å². The number of nitrogens with one attached hydrogen (secondary N) is 1. The van der Waals surface area contributed by atoms with Crippen molar-refractivity contribution in [2.75, 3.05) is 26.3 Å². The van der Waals surface area contributed by atoms with Crippen LogP contribution in [0.5, 0.6) is 11.5 Å². The largest absolute Gasteiger partial charge is 0.490 e. The van der Waals surface area contributed by atoms with Crippen molar-refractivity contribution in [2.45, 2.75) is 52.1 Å². The van der Waals surface area contributed by atoms with Crippen LogP contribution in [-0.4, -0.2) is 49.5 Å². The lowest BCUT2D eigenvalue weighted by Crippen LogP contribution is -2.35. The minimum atomic E-state index is -3.75. The summed E-state index contributed by atoms with van der Waals surface area (Å²) in [4.78, 5) is 24.9. The van der Waals surface area contributed by atoms with Gasteiger partial charge in [-0.3, -0.25) is 9.59 Å². The van der Waals surface area contributed by atoms with Crippen molar-refractivity contribution in [3.8, 4) is 11.5 Å². The normalized spacial score (nSPS) is 12.4. The molecule has 0 fully saturated rings. The van der Waals surface area contributed by atoms with Crippen molar-refractivity contribution in [3.05, 3.63) is 52.4 Å². The smallest absolute Gasteiger partial charge is 0.251 e. The second-order valence-corrected chi connectivity index (χ2v) is 9.22. The van der Waals surface area contributed by atoms with Crippen molar-refractivity contribution < 1.29 is 22.7 Å². The van der Waals surface area contributed by atoms with Gasteiger partial charge in [0.2, 0.25) is 15.9 Å². The molecule has 1 heterocycles. The summed E-state index contributed by atoms with van der Waals surface area (Å²) >= 11 is 0. The molecule has 10 heteroatoms. The average molecular weight is 480 g/mol. The van der Waals surface area contributed by atoms with Gasteiger partial charge in [-0.1, -0.05) is 19.9 Å². The van der Waals surface area contributed by atoms with Crippen LogP contribution in [0.25, 0.3) is 0 Å². The van der Waals surface area contributed by atoms with Crippen LogP contribution in [-0.2, 0) is 21.4 Å². The lowest BCUT2D eigenvalue weighted by molar-refractivity contribution is -0.122. The molecule has 0 aliphatic heterocycles. The van der Waals surface area contributed by atoms with Crippen LogP contribution in [0.15, 0.2) is 46.2 Å². The summed E-state index contributed by atoms with van der Waals surface area (Å²) in [6, 6.07) is 7.49. The molecule has 1 N–H and O–H groups in total. The Morgan fingerprint density at radius 1 is 1.03 bits per heavy atom. The molecule has 1 aromatic heterocycles. The number of ether oxygens (including phenoxy) is 2. The molecule has 1 unspecified atom stereocenters. The molecule has 0 aliphatic rings. The van der Waals surface area contributed by atoms with Crippen molar-refractivity contribution in [3.63, 3.8) is 0 Å². The molecule has 0 aliphatic carbocycles. The number of nitrogens with zero attached hydrogens (tertiary/aromatic N) is 2. The highest BCUT2D eigenvalue weighted by atomic mass is 32.2. The molecule has 1 amide bonds. The molecule has 33 heavy (non-hydrogen) atoms. The van der Waals surface area contributed by atoms with Crippen LogP contribution < -0.4 is 20.3 Å². The Kier molecular flexibility index (Phi) is 9.48. The van der Waals surface area contributed by atoms with Gasteiger partial charge in [0.1, 0.15) is 6.54 Å². The number of pyridine rings is 1. The Hall–Kier alpha value is -2.85. The van der Waals surface area contributed by atoms with Gasteiger partial charge in [0.25, 0.3) is 5.56 Å². The van der Waals surface area contributed by atoms with E-state index in [0.717, 1.165) is 16.2 Å². The number of hydrogen-bond donors (Lipinski definition) is 1. The highest BCUT2D eigenvalue weighted by Crippen LogP contribution is 2.30. The lowest BCUT2D eigenvalue weighted by Gasteiger charge is -2.19. The van der Waals surface area contributed by atoms with Gasteiger partial charge in [-0.15, -0.1) is 0 Å². The summed E-state index contributed by atoms with van der Waals surface area (Å²) in [5.74, 6) is 0.789. The number of sulfonamides is 1. The SMILES string of the molecule is CCOc1ccc(C(C)NC(=O)Cn2cc(S(=O)(=O)N(CC)CC)ccc2=O)cc1OCC. The predicted octanol–water partition coefficient (Wildman–Crippen LogP) is 2.55. The number of carbonyl (C=O) groups is 1. The van der Waals surface area contributed by atoms with E-state index in [9.17, 15) is 18.0 Å². The fourth-order valence-electron chi connectivity index (χ4n) is 3.36. The van der Waals surface area contributed by atoms with Gasteiger partial charge < -0.3 is 19.4 Å². The average Bonchev–Trinajstić information content (AvgIpc) is 2.77. The van der Waals surface area contributed by atoms with Crippen LogP contribution in [0, 0.1) is 0 Å². The number of aromatic nitrogens is 1. The van der Waals surface area contributed by atoms with Gasteiger partial charge in [-0.05, 0) is 44.5 Å². The van der Waals surface area contributed by atoms with Crippen LogP contribution in [0.4, 0.5) is 0 Å². The third-order valence-corrected chi connectivity index (χ3v) is 7.09. The van der Waals surface area contributed by atoms with Gasteiger partial charge in [-0.2, -0.15) is 4.31 Å². The summed E-state index contributed by atoms with van der Waals surface area (Å²) in [6.07, 6.45) is 1.21. The van der Waals surface area contributed by atoms with Gasteiger partial charge in [0, 0.05) is 25.4 Å². The van der Waals surface area contributed by atoms with Gasteiger partial charge >= 0.3 is 0 Å². The Morgan fingerprint density at radius 2 is 1.67 bits per heavy atom. The van der Waals surface area contributed by atoms with E-state index in [1.54, 1.807) is 19.9 Å². The fourth-order valence-corrected chi connectivity index (χ4v) is 4.84. The fraction of sp³-hybridized carbons (Fsp3) is 0.478. The van der Waals surface area contributed by atoms with Gasteiger partial charge in [0.15, 0.2) is 11.5 Å². The summed E-state index contributed by atoms with van der Waals surface area (Å²) in [5.41, 5.74) is 0.344. The Bertz CT molecular complexity index is 1110. The van der Waals surface area contributed by atoms with Gasteiger partial charge in [0.05, 0.1) is 24.2 Å². The monoisotopic (exact) mass is 479 g/mol. The van der Waals surface area contributed by atoms with E-state index in [-0.39, 0.29) is 17.5 Å². The molecule has 182 valence electrons. The minimum Gasteiger partial charge on any atom is -0.490 e. The number of hydrogen-bond acceptors (Lipinski definition) is 6. The van der Waals surface area contributed by atoms with E-state index >= 15 is 0 Å². The molecule has 2 rings (SSSR count). The first kappa shape index (κ1) is 26.4. The van der Waals surface area contributed by atoms with E-state index in [1.165, 1.54) is 16.6 Å². The number of amides is 1. The quantitative estimate of drug-likeness (QED) is 0.501. The van der Waals surface area contributed by atoms with Crippen molar-refractivity contribution in [1.82, 2.24) is 14.2 Å². The third kappa shape index (κ3) is 6.58. The Balaban J connectivity index is 2.19. The summed E-state index contributed by atoms with van der Waals surface area (Å²) in [6.45, 7) is 10.3. The second kappa shape index (κ2) is 11.9. The maximum atomic E-state index is 12.8. The van der Waals surface area contributed by atoms with E-state index in [0.29, 0.717) is 37.8 Å². The number of rotatable bonds is 12. The predicted molar refractivity (Wildman–Crippen MR) is 126 cm³/mol. The van der Waals surface area contributed by atoms with Crippen molar-refractivity contribution in [2.24, 2.45) is 0 Å². The molecule has 0 radical (unpaired) electrons.